The van der Waals surface area contributed by atoms with E-state index < -0.39 is 0 Å². The SMILES string of the molecule is CCN(CCCBr)CCc1ccccc1. The maximum Gasteiger partial charge on any atom is 0.00434 e. The van der Waals surface area contributed by atoms with Crippen molar-refractivity contribution in [3.8, 4) is 0 Å². The van der Waals surface area contributed by atoms with E-state index in [1.165, 1.54) is 25.1 Å². The molecule has 0 saturated carbocycles. The molecule has 0 radical (unpaired) electrons. The highest BCUT2D eigenvalue weighted by Crippen LogP contribution is 2.02. The topological polar surface area (TPSA) is 3.24 Å². The van der Waals surface area contributed by atoms with Gasteiger partial charge in [-0.2, -0.15) is 0 Å². The van der Waals surface area contributed by atoms with Crippen molar-refractivity contribution in [3.05, 3.63) is 35.9 Å². The summed E-state index contributed by atoms with van der Waals surface area (Å²) in [6, 6.07) is 10.7. The average Bonchev–Trinajstić information content (AvgIpc) is 2.31. The predicted molar refractivity (Wildman–Crippen MR) is 70.7 cm³/mol. The Balaban J connectivity index is 2.28. The van der Waals surface area contributed by atoms with Gasteiger partial charge >= 0.3 is 0 Å². The van der Waals surface area contributed by atoms with E-state index in [9.17, 15) is 0 Å². The molecule has 0 heterocycles. The van der Waals surface area contributed by atoms with Crippen LogP contribution < -0.4 is 0 Å². The molecule has 0 aromatic heterocycles. The van der Waals surface area contributed by atoms with Gasteiger partial charge in [-0.05, 0) is 31.5 Å². The molecular weight excluding hydrogens is 250 g/mol. The van der Waals surface area contributed by atoms with Crippen LogP contribution in [0.3, 0.4) is 0 Å². The minimum absolute atomic E-state index is 1.11. The van der Waals surface area contributed by atoms with Gasteiger partial charge in [-0.1, -0.05) is 53.2 Å². The summed E-state index contributed by atoms with van der Waals surface area (Å²) < 4.78 is 0. The lowest BCUT2D eigenvalue weighted by Crippen LogP contribution is -2.27. The Morgan fingerprint density at radius 2 is 1.87 bits per heavy atom. The molecule has 0 aliphatic heterocycles. The Morgan fingerprint density at radius 1 is 1.13 bits per heavy atom. The van der Waals surface area contributed by atoms with Crippen LogP contribution in [-0.2, 0) is 6.42 Å². The number of benzene rings is 1. The largest absolute Gasteiger partial charge is 0.303 e. The molecular formula is C13H20BrN. The van der Waals surface area contributed by atoms with Crippen LogP contribution in [0.4, 0.5) is 0 Å². The molecule has 0 unspecified atom stereocenters. The van der Waals surface area contributed by atoms with Gasteiger partial charge in [0.05, 0.1) is 0 Å². The molecule has 0 amide bonds. The van der Waals surface area contributed by atoms with E-state index in [-0.39, 0.29) is 0 Å². The van der Waals surface area contributed by atoms with E-state index in [0.717, 1.165) is 18.3 Å². The standard InChI is InChI=1S/C13H20BrN/c1-2-15(11-6-10-14)12-9-13-7-4-3-5-8-13/h3-5,7-8H,2,6,9-12H2,1H3. The number of halogens is 1. The Hall–Kier alpha value is -0.340. The quantitative estimate of drug-likeness (QED) is 0.687. The van der Waals surface area contributed by atoms with Gasteiger partial charge in [0.2, 0.25) is 0 Å². The first-order valence-electron chi connectivity index (χ1n) is 5.69. The van der Waals surface area contributed by atoms with E-state index in [1.807, 2.05) is 0 Å². The van der Waals surface area contributed by atoms with Crippen LogP contribution in [-0.4, -0.2) is 29.9 Å². The van der Waals surface area contributed by atoms with Crippen molar-refractivity contribution < 1.29 is 0 Å². The molecule has 1 nitrogen and oxygen atoms in total. The highest BCUT2D eigenvalue weighted by molar-refractivity contribution is 9.09. The van der Waals surface area contributed by atoms with Gasteiger partial charge in [-0.15, -0.1) is 0 Å². The first-order valence-corrected chi connectivity index (χ1v) is 6.81. The zero-order valence-corrected chi connectivity index (χ0v) is 11.0. The molecule has 0 bridgehead atoms. The fourth-order valence-electron chi connectivity index (χ4n) is 1.64. The van der Waals surface area contributed by atoms with Gasteiger partial charge in [-0.3, -0.25) is 0 Å². The van der Waals surface area contributed by atoms with Gasteiger partial charge in [0, 0.05) is 11.9 Å². The van der Waals surface area contributed by atoms with E-state index in [2.05, 4.69) is 58.1 Å². The van der Waals surface area contributed by atoms with E-state index >= 15 is 0 Å². The molecule has 84 valence electrons. The first kappa shape index (κ1) is 12.7. The highest BCUT2D eigenvalue weighted by atomic mass is 79.9. The molecule has 0 saturated heterocycles. The zero-order valence-electron chi connectivity index (χ0n) is 9.45. The second-order valence-corrected chi connectivity index (χ2v) is 4.51. The molecule has 0 aliphatic carbocycles. The molecule has 0 fully saturated rings. The summed E-state index contributed by atoms with van der Waals surface area (Å²) in [6.07, 6.45) is 2.40. The predicted octanol–water partition coefficient (Wildman–Crippen LogP) is 3.34. The van der Waals surface area contributed by atoms with Crippen molar-refractivity contribution in [2.75, 3.05) is 25.0 Å². The maximum atomic E-state index is 3.48. The van der Waals surface area contributed by atoms with E-state index in [4.69, 9.17) is 0 Å². The number of hydrogen-bond donors (Lipinski definition) is 0. The molecule has 15 heavy (non-hydrogen) atoms. The lowest BCUT2D eigenvalue weighted by atomic mass is 10.1. The van der Waals surface area contributed by atoms with Crippen molar-refractivity contribution in [2.24, 2.45) is 0 Å². The summed E-state index contributed by atoms with van der Waals surface area (Å²) in [6.45, 7) is 5.77. The smallest absolute Gasteiger partial charge is 0.00434 e. The third-order valence-corrected chi connectivity index (χ3v) is 3.18. The molecule has 2 heteroatoms. The van der Waals surface area contributed by atoms with Gasteiger partial charge < -0.3 is 4.90 Å². The summed E-state index contributed by atoms with van der Waals surface area (Å²) in [5.41, 5.74) is 1.44. The van der Waals surface area contributed by atoms with Gasteiger partial charge in [0.15, 0.2) is 0 Å². The summed E-state index contributed by atoms with van der Waals surface area (Å²) in [5.74, 6) is 0. The lowest BCUT2D eigenvalue weighted by molar-refractivity contribution is 0.293. The second-order valence-electron chi connectivity index (χ2n) is 3.71. The molecule has 0 aliphatic rings. The van der Waals surface area contributed by atoms with Crippen LogP contribution in [0.5, 0.6) is 0 Å². The minimum Gasteiger partial charge on any atom is -0.303 e. The molecule has 1 aromatic rings. The van der Waals surface area contributed by atoms with Crippen LogP contribution in [0.1, 0.15) is 18.9 Å². The number of rotatable bonds is 7. The van der Waals surface area contributed by atoms with Crippen molar-refractivity contribution in [3.63, 3.8) is 0 Å². The maximum absolute atomic E-state index is 3.48. The monoisotopic (exact) mass is 269 g/mol. The zero-order chi connectivity index (χ0) is 10.9. The second kappa shape index (κ2) is 7.89. The summed E-state index contributed by atoms with van der Waals surface area (Å²) in [4.78, 5) is 2.51. The lowest BCUT2D eigenvalue weighted by Gasteiger charge is -2.19. The molecule has 1 rings (SSSR count). The summed E-state index contributed by atoms with van der Waals surface area (Å²) in [5, 5.41) is 1.11. The summed E-state index contributed by atoms with van der Waals surface area (Å²) in [7, 11) is 0. The Bertz CT molecular complexity index is 248. The third-order valence-electron chi connectivity index (χ3n) is 2.61. The molecule has 1 aromatic carbocycles. The van der Waals surface area contributed by atoms with Gasteiger partial charge in [-0.25, -0.2) is 0 Å². The van der Waals surface area contributed by atoms with Gasteiger partial charge in [0.1, 0.15) is 0 Å². The Kier molecular flexibility index (Phi) is 6.69. The van der Waals surface area contributed by atoms with Crippen LogP contribution in [0.25, 0.3) is 0 Å². The fraction of sp³-hybridized carbons (Fsp3) is 0.538. The molecule has 0 N–H and O–H groups in total. The average molecular weight is 270 g/mol. The highest BCUT2D eigenvalue weighted by Gasteiger charge is 2.01. The summed E-state index contributed by atoms with van der Waals surface area (Å²) >= 11 is 3.48. The van der Waals surface area contributed by atoms with Crippen molar-refractivity contribution in [1.29, 1.82) is 0 Å². The van der Waals surface area contributed by atoms with Crippen LogP contribution >= 0.6 is 15.9 Å². The van der Waals surface area contributed by atoms with E-state index in [1.54, 1.807) is 0 Å². The van der Waals surface area contributed by atoms with Crippen LogP contribution in [0.15, 0.2) is 30.3 Å². The normalized spacial score (nSPS) is 10.9. The van der Waals surface area contributed by atoms with Crippen LogP contribution in [0, 0.1) is 0 Å². The van der Waals surface area contributed by atoms with Crippen molar-refractivity contribution in [2.45, 2.75) is 19.8 Å². The Morgan fingerprint density at radius 3 is 2.47 bits per heavy atom. The first-order chi connectivity index (χ1) is 7.36. The molecule has 0 spiro atoms. The molecule has 0 atom stereocenters. The minimum atomic E-state index is 1.11. The van der Waals surface area contributed by atoms with E-state index in [0.29, 0.717) is 0 Å². The van der Waals surface area contributed by atoms with Crippen molar-refractivity contribution in [1.82, 2.24) is 4.90 Å². The number of nitrogens with zero attached hydrogens (tertiary/aromatic N) is 1. The van der Waals surface area contributed by atoms with Crippen molar-refractivity contribution >= 4 is 15.9 Å². The fourth-order valence-corrected chi connectivity index (χ4v) is 1.89. The van der Waals surface area contributed by atoms with Gasteiger partial charge in [0.25, 0.3) is 0 Å². The van der Waals surface area contributed by atoms with Crippen LogP contribution in [0.2, 0.25) is 0 Å². The Labute approximate surface area is 102 Å². The number of alkyl halides is 1. The number of hydrogen-bond acceptors (Lipinski definition) is 1. The third kappa shape index (κ3) is 5.33. The number of likely N-dealkylation sites (N-methyl/N-ethyl adjacent to an activating group) is 1.